The van der Waals surface area contributed by atoms with Crippen molar-refractivity contribution in [1.82, 2.24) is 10.4 Å². The van der Waals surface area contributed by atoms with Crippen molar-refractivity contribution in [3.8, 4) is 11.5 Å². The topological polar surface area (TPSA) is 86.5 Å². The van der Waals surface area contributed by atoms with Gasteiger partial charge < -0.3 is 9.47 Å². The summed E-state index contributed by atoms with van der Waals surface area (Å²) in [6.45, 7) is 0.331. The normalized spacial score (nSPS) is 9.90. The molecule has 0 fully saturated rings. The number of benzene rings is 1. The number of carbonyl (C=O) groups excluding carboxylic acids is 1. The average molecular weight is 273 g/mol. The van der Waals surface area contributed by atoms with E-state index in [1.54, 1.807) is 30.6 Å². The number of aromatic nitrogens is 1. The molecule has 2 rings (SSSR count). The Labute approximate surface area is 116 Å². The van der Waals surface area contributed by atoms with E-state index >= 15 is 0 Å². The number of methoxy groups -OCH3 is 1. The smallest absolute Gasteiger partial charge is 0.265 e. The third-order valence-electron chi connectivity index (χ3n) is 2.67. The number of ether oxygens (including phenoxy) is 2. The van der Waals surface area contributed by atoms with Gasteiger partial charge in [0.15, 0.2) is 11.5 Å². The molecule has 1 aromatic heterocycles. The highest BCUT2D eigenvalue weighted by atomic mass is 16.5. The molecule has 6 nitrogen and oxygen atoms in total. The standard InChI is InChI=1S/C14H15N3O3/c1-19-12-5-4-11(14(18)17-15)7-13(12)20-9-10-3-2-6-16-8-10/h2-8H,9,15H2,1H3,(H,17,18). The van der Waals surface area contributed by atoms with Crippen LogP contribution in [0.5, 0.6) is 11.5 Å². The van der Waals surface area contributed by atoms with Crippen LogP contribution in [0.1, 0.15) is 15.9 Å². The Morgan fingerprint density at radius 1 is 1.35 bits per heavy atom. The van der Waals surface area contributed by atoms with Crippen molar-refractivity contribution >= 4 is 5.91 Å². The molecule has 0 saturated heterocycles. The second-order valence-corrected chi connectivity index (χ2v) is 3.99. The van der Waals surface area contributed by atoms with Crippen LogP contribution in [0, 0.1) is 0 Å². The number of nitrogen functional groups attached to an aromatic ring is 1. The molecule has 20 heavy (non-hydrogen) atoms. The number of nitrogens with zero attached hydrogens (tertiary/aromatic N) is 1. The van der Waals surface area contributed by atoms with E-state index in [4.69, 9.17) is 15.3 Å². The summed E-state index contributed by atoms with van der Waals surface area (Å²) >= 11 is 0. The first-order valence-electron chi connectivity index (χ1n) is 5.95. The second kappa shape index (κ2) is 6.53. The van der Waals surface area contributed by atoms with Crippen LogP contribution in [0.3, 0.4) is 0 Å². The molecule has 0 aliphatic carbocycles. The molecule has 1 aromatic carbocycles. The predicted octanol–water partition coefficient (Wildman–Crippen LogP) is 1.27. The summed E-state index contributed by atoms with van der Waals surface area (Å²) in [5.74, 6) is 5.73. The average Bonchev–Trinajstić information content (AvgIpc) is 2.52. The molecule has 0 aliphatic rings. The first-order chi connectivity index (χ1) is 9.74. The highest BCUT2D eigenvalue weighted by molar-refractivity contribution is 5.94. The highest BCUT2D eigenvalue weighted by Crippen LogP contribution is 2.28. The van der Waals surface area contributed by atoms with Crippen molar-refractivity contribution in [1.29, 1.82) is 0 Å². The minimum Gasteiger partial charge on any atom is -0.493 e. The molecule has 0 unspecified atom stereocenters. The van der Waals surface area contributed by atoms with Crippen molar-refractivity contribution in [3.63, 3.8) is 0 Å². The molecule has 0 radical (unpaired) electrons. The van der Waals surface area contributed by atoms with Crippen LogP contribution < -0.4 is 20.7 Å². The van der Waals surface area contributed by atoms with Crippen molar-refractivity contribution in [2.45, 2.75) is 6.61 Å². The van der Waals surface area contributed by atoms with Gasteiger partial charge in [0.2, 0.25) is 0 Å². The van der Waals surface area contributed by atoms with Gasteiger partial charge in [-0.05, 0) is 24.3 Å². The van der Waals surface area contributed by atoms with Gasteiger partial charge in [-0.1, -0.05) is 6.07 Å². The zero-order valence-electron chi connectivity index (χ0n) is 11.0. The predicted molar refractivity (Wildman–Crippen MR) is 73.2 cm³/mol. The van der Waals surface area contributed by atoms with E-state index in [0.717, 1.165) is 5.56 Å². The lowest BCUT2D eigenvalue weighted by molar-refractivity contribution is 0.0953. The summed E-state index contributed by atoms with van der Waals surface area (Å²) < 4.78 is 10.9. The zero-order valence-corrected chi connectivity index (χ0v) is 11.0. The van der Waals surface area contributed by atoms with E-state index < -0.39 is 0 Å². The van der Waals surface area contributed by atoms with E-state index in [1.165, 1.54) is 7.11 Å². The molecule has 2 aromatic rings. The first-order valence-corrected chi connectivity index (χ1v) is 5.95. The molecule has 104 valence electrons. The Balaban J connectivity index is 2.18. The summed E-state index contributed by atoms with van der Waals surface area (Å²) in [5, 5.41) is 0. The molecule has 3 N–H and O–H groups in total. The number of pyridine rings is 1. The van der Waals surface area contributed by atoms with E-state index in [2.05, 4.69) is 10.4 Å². The first kappa shape index (κ1) is 13.8. The van der Waals surface area contributed by atoms with Crippen LogP contribution in [-0.2, 0) is 6.61 Å². The molecule has 0 atom stereocenters. The van der Waals surface area contributed by atoms with Gasteiger partial charge >= 0.3 is 0 Å². The zero-order chi connectivity index (χ0) is 14.4. The SMILES string of the molecule is COc1ccc(C(=O)NN)cc1OCc1cccnc1. The number of rotatable bonds is 5. The third-order valence-corrected chi connectivity index (χ3v) is 2.67. The maximum Gasteiger partial charge on any atom is 0.265 e. The van der Waals surface area contributed by atoms with Gasteiger partial charge in [-0.2, -0.15) is 0 Å². The van der Waals surface area contributed by atoms with Crippen molar-refractivity contribution in [2.24, 2.45) is 5.84 Å². The number of hydrogen-bond donors (Lipinski definition) is 2. The fraction of sp³-hybridized carbons (Fsp3) is 0.143. The van der Waals surface area contributed by atoms with Gasteiger partial charge in [0.1, 0.15) is 6.61 Å². The minimum atomic E-state index is -0.390. The highest BCUT2D eigenvalue weighted by Gasteiger charge is 2.10. The van der Waals surface area contributed by atoms with Crippen LogP contribution in [0.4, 0.5) is 0 Å². The summed E-state index contributed by atoms with van der Waals surface area (Å²) in [6.07, 6.45) is 3.40. The molecular formula is C14H15N3O3. The van der Waals surface area contributed by atoms with Crippen LogP contribution in [0.2, 0.25) is 0 Å². The number of hydrazine groups is 1. The fourth-order valence-corrected chi connectivity index (χ4v) is 1.66. The lowest BCUT2D eigenvalue weighted by Crippen LogP contribution is -2.29. The second-order valence-electron chi connectivity index (χ2n) is 3.99. The van der Waals surface area contributed by atoms with E-state index in [-0.39, 0.29) is 5.91 Å². The Bertz CT molecular complexity index is 587. The van der Waals surface area contributed by atoms with Gasteiger partial charge in [0.25, 0.3) is 5.91 Å². The number of nitrogens with two attached hydrogens (primary N) is 1. The number of carbonyl (C=O) groups is 1. The largest absolute Gasteiger partial charge is 0.493 e. The Hall–Kier alpha value is -2.60. The lowest BCUT2D eigenvalue weighted by atomic mass is 10.2. The number of amides is 1. The van der Waals surface area contributed by atoms with Crippen molar-refractivity contribution < 1.29 is 14.3 Å². The van der Waals surface area contributed by atoms with Gasteiger partial charge in [-0.15, -0.1) is 0 Å². The maximum absolute atomic E-state index is 11.5. The van der Waals surface area contributed by atoms with Crippen molar-refractivity contribution in [2.75, 3.05) is 7.11 Å². The van der Waals surface area contributed by atoms with Crippen molar-refractivity contribution in [3.05, 3.63) is 53.9 Å². The molecule has 0 aliphatic heterocycles. The lowest BCUT2D eigenvalue weighted by Gasteiger charge is -2.11. The Kier molecular flexibility index (Phi) is 4.52. The molecule has 0 spiro atoms. The quantitative estimate of drug-likeness (QED) is 0.487. The molecule has 0 saturated carbocycles. The molecule has 1 amide bonds. The third kappa shape index (κ3) is 3.24. The minimum absolute atomic E-state index is 0.331. The van der Waals surface area contributed by atoms with Gasteiger partial charge in [-0.3, -0.25) is 15.2 Å². The molecule has 6 heteroatoms. The Morgan fingerprint density at radius 3 is 2.85 bits per heavy atom. The van der Waals surface area contributed by atoms with Crippen LogP contribution in [0.25, 0.3) is 0 Å². The van der Waals surface area contributed by atoms with Crippen LogP contribution in [0.15, 0.2) is 42.7 Å². The van der Waals surface area contributed by atoms with Gasteiger partial charge in [0, 0.05) is 23.5 Å². The summed E-state index contributed by atoms with van der Waals surface area (Å²) in [5.41, 5.74) is 3.39. The van der Waals surface area contributed by atoms with Gasteiger partial charge in [-0.25, -0.2) is 5.84 Å². The molecular weight excluding hydrogens is 258 g/mol. The monoisotopic (exact) mass is 273 g/mol. The van der Waals surface area contributed by atoms with E-state index in [1.807, 2.05) is 12.1 Å². The van der Waals surface area contributed by atoms with E-state index in [9.17, 15) is 4.79 Å². The summed E-state index contributed by atoms with van der Waals surface area (Å²) in [7, 11) is 1.54. The number of hydrogen-bond acceptors (Lipinski definition) is 5. The van der Waals surface area contributed by atoms with Crippen LogP contribution >= 0.6 is 0 Å². The van der Waals surface area contributed by atoms with Crippen LogP contribution in [-0.4, -0.2) is 18.0 Å². The molecule has 0 bridgehead atoms. The molecule has 1 heterocycles. The summed E-state index contributed by atoms with van der Waals surface area (Å²) in [4.78, 5) is 15.5. The number of nitrogens with one attached hydrogen (secondary N) is 1. The van der Waals surface area contributed by atoms with Gasteiger partial charge in [0.05, 0.1) is 7.11 Å². The maximum atomic E-state index is 11.5. The van der Waals surface area contributed by atoms with E-state index in [0.29, 0.717) is 23.7 Å². The fourth-order valence-electron chi connectivity index (χ4n) is 1.66. The summed E-state index contributed by atoms with van der Waals surface area (Å²) in [6, 6.07) is 8.57. The Morgan fingerprint density at radius 2 is 2.20 bits per heavy atom.